The first-order valence-electron chi connectivity index (χ1n) is 12.1. The number of halogens is 4. The zero-order valence-electron chi connectivity index (χ0n) is 21.3. The van der Waals surface area contributed by atoms with Crippen LogP contribution in [0, 0.1) is 5.82 Å². The lowest BCUT2D eigenvalue weighted by Gasteiger charge is -2.22. The summed E-state index contributed by atoms with van der Waals surface area (Å²) in [5.41, 5.74) is 0.802. The third kappa shape index (κ3) is 7.23. The molecule has 4 rings (SSSR count). The van der Waals surface area contributed by atoms with Crippen LogP contribution in [0.2, 0.25) is 0 Å². The van der Waals surface area contributed by atoms with Gasteiger partial charge in [-0.3, -0.25) is 4.79 Å². The van der Waals surface area contributed by atoms with E-state index in [4.69, 9.17) is 4.74 Å². The maximum absolute atomic E-state index is 13.5. The lowest BCUT2D eigenvalue weighted by Crippen LogP contribution is -2.42. The molecule has 8 nitrogen and oxygen atoms in total. The zero-order chi connectivity index (χ0) is 28.7. The largest absolute Gasteiger partial charge is 0.416 e. The normalized spacial score (nSPS) is 11.2. The number of alkyl halides is 3. The molecule has 0 unspecified atom stereocenters. The van der Waals surface area contributed by atoms with E-state index in [1.807, 2.05) is 30.3 Å². The molecule has 0 spiro atoms. The maximum Gasteiger partial charge on any atom is 0.416 e. The summed E-state index contributed by atoms with van der Waals surface area (Å²) >= 11 is 0. The first-order chi connectivity index (χ1) is 19.1. The molecule has 0 fully saturated rings. The summed E-state index contributed by atoms with van der Waals surface area (Å²) in [5.74, 6) is -0.774. The summed E-state index contributed by atoms with van der Waals surface area (Å²) in [6.07, 6.45) is -4.58. The topological polar surface area (TPSA) is 88.5 Å². The average molecular weight is 556 g/mol. The monoisotopic (exact) mass is 555 g/mol. The molecule has 0 bridgehead atoms. The van der Waals surface area contributed by atoms with Crippen molar-refractivity contribution in [3.05, 3.63) is 96.3 Å². The second-order valence-electron chi connectivity index (χ2n) is 8.64. The Morgan fingerprint density at radius 1 is 0.950 bits per heavy atom. The van der Waals surface area contributed by atoms with E-state index in [2.05, 4.69) is 15.7 Å². The van der Waals surface area contributed by atoms with Gasteiger partial charge in [-0.2, -0.15) is 18.3 Å². The molecule has 12 heteroatoms. The molecule has 40 heavy (non-hydrogen) atoms. The highest BCUT2D eigenvalue weighted by Gasteiger charge is 2.30. The van der Waals surface area contributed by atoms with Crippen LogP contribution in [0.5, 0.6) is 0 Å². The van der Waals surface area contributed by atoms with Gasteiger partial charge in [0.05, 0.1) is 23.6 Å². The summed E-state index contributed by atoms with van der Waals surface area (Å²) < 4.78 is 59.2. The van der Waals surface area contributed by atoms with Crippen LogP contribution in [-0.2, 0) is 15.7 Å². The fraction of sp³-hybridized carbons (Fsp3) is 0.179. The molecule has 3 aromatic carbocycles. The van der Waals surface area contributed by atoms with Gasteiger partial charge in [0, 0.05) is 31.0 Å². The van der Waals surface area contributed by atoms with Crippen LogP contribution in [0.15, 0.2) is 84.9 Å². The van der Waals surface area contributed by atoms with E-state index in [1.165, 1.54) is 48.2 Å². The van der Waals surface area contributed by atoms with Crippen LogP contribution in [0.3, 0.4) is 0 Å². The molecule has 4 aromatic rings. The molecular weight excluding hydrogens is 530 g/mol. The third-order valence-electron chi connectivity index (χ3n) is 5.75. The van der Waals surface area contributed by atoms with E-state index in [1.54, 1.807) is 6.07 Å². The van der Waals surface area contributed by atoms with E-state index < -0.39 is 36.0 Å². The predicted octanol–water partition coefficient (Wildman–Crippen LogP) is 5.82. The third-order valence-corrected chi connectivity index (χ3v) is 5.75. The van der Waals surface area contributed by atoms with E-state index >= 15 is 0 Å². The maximum atomic E-state index is 13.5. The van der Waals surface area contributed by atoms with Gasteiger partial charge in [0.15, 0.2) is 0 Å². The van der Waals surface area contributed by atoms with Crippen LogP contribution in [-0.4, -0.2) is 53.4 Å². The second-order valence-corrected chi connectivity index (χ2v) is 8.64. The molecule has 2 N–H and O–H groups in total. The van der Waals surface area contributed by atoms with Gasteiger partial charge < -0.3 is 20.3 Å². The van der Waals surface area contributed by atoms with Gasteiger partial charge in [-0.1, -0.05) is 36.4 Å². The number of carbonyl (C=O) groups excluding carboxylic acids is 2. The molecule has 0 aliphatic rings. The zero-order valence-corrected chi connectivity index (χ0v) is 21.3. The van der Waals surface area contributed by atoms with E-state index in [0.717, 1.165) is 22.6 Å². The van der Waals surface area contributed by atoms with Crippen molar-refractivity contribution in [3.63, 3.8) is 0 Å². The molecule has 0 saturated carbocycles. The Morgan fingerprint density at radius 3 is 2.35 bits per heavy atom. The van der Waals surface area contributed by atoms with Gasteiger partial charge in [-0.05, 0) is 42.5 Å². The number of benzene rings is 3. The highest BCUT2D eigenvalue weighted by atomic mass is 19.4. The van der Waals surface area contributed by atoms with Crippen LogP contribution in [0.25, 0.3) is 16.9 Å². The lowest BCUT2D eigenvalue weighted by atomic mass is 10.1. The van der Waals surface area contributed by atoms with Gasteiger partial charge >= 0.3 is 12.2 Å². The Kier molecular flexibility index (Phi) is 8.80. The first kappa shape index (κ1) is 28.3. The Morgan fingerprint density at radius 2 is 1.68 bits per heavy atom. The molecule has 0 atom stereocenters. The smallest absolute Gasteiger partial charge is 0.383 e. The highest BCUT2D eigenvalue weighted by molar-refractivity contribution is 5.97. The number of anilines is 2. The number of hydrogen-bond donors (Lipinski definition) is 2. The summed E-state index contributed by atoms with van der Waals surface area (Å²) in [5, 5.41) is 9.68. The minimum absolute atomic E-state index is 0.0127. The van der Waals surface area contributed by atoms with E-state index in [-0.39, 0.29) is 24.7 Å². The summed E-state index contributed by atoms with van der Waals surface area (Å²) in [7, 11) is 1.41. The van der Waals surface area contributed by atoms with Crippen molar-refractivity contribution >= 4 is 23.4 Å². The van der Waals surface area contributed by atoms with Gasteiger partial charge in [0.2, 0.25) is 5.91 Å². The number of nitrogens with one attached hydrogen (secondary N) is 2. The number of aromatic nitrogens is 2. The molecule has 0 aliphatic carbocycles. The molecule has 208 valence electrons. The fourth-order valence-electron chi connectivity index (χ4n) is 3.78. The van der Waals surface area contributed by atoms with Crippen molar-refractivity contribution < 1.29 is 31.9 Å². The van der Waals surface area contributed by atoms with Crippen LogP contribution in [0.4, 0.5) is 33.9 Å². The van der Waals surface area contributed by atoms with Crippen molar-refractivity contribution in [2.24, 2.45) is 0 Å². The number of hydrogen-bond acceptors (Lipinski definition) is 4. The van der Waals surface area contributed by atoms with Crippen LogP contribution >= 0.6 is 0 Å². The minimum atomic E-state index is -4.58. The lowest BCUT2D eigenvalue weighted by molar-refractivity contribution is -0.137. The van der Waals surface area contributed by atoms with Crippen LogP contribution in [0.1, 0.15) is 5.56 Å². The van der Waals surface area contributed by atoms with Crippen molar-refractivity contribution in [1.29, 1.82) is 0 Å². The SMILES string of the molecule is COCCN(CC(=O)Nc1cc(-c2ccccc2)nn1-c1ccc(F)cc1)C(=O)Nc1cccc(C(F)(F)F)c1. The summed E-state index contributed by atoms with van der Waals surface area (Å²) in [4.78, 5) is 27.1. The molecule has 0 radical (unpaired) electrons. The molecular formula is C28H25F4N5O3. The molecule has 1 aromatic heterocycles. The average Bonchev–Trinajstić information content (AvgIpc) is 3.35. The van der Waals surface area contributed by atoms with Crippen molar-refractivity contribution in [1.82, 2.24) is 14.7 Å². The van der Waals surface area contributed by atoms with Gasteiger partial charge in [0.25, 0.3) is 0 Å². The van der Waals surface area contributed by atoms with Crippen molar-refractivity contribution in [2.75, 3.05) is 37.4 Å². The standard InChI is InChI=1S/C28H25F4N5O3/c1-40-15-14-36(27(39)33-22-9-5-8-20(16-22)28(30,31)32)18-26(38)34-25-17-24(19-6-3-2-4-7-19)35-37(25)23-12-10-21(29)11-13-23/h2-13,16-17H,14-15,18H2,1H3,(H,33,39)(H,34,38). The van der Waals surface area contributed by atoms with Crippen LogP contribution < -0.4 is 10.6 Å². The molecule has 0 saturated heterocycles. The molecule has 1 heterocycles. The summed E-state index contributed by atoms with van der Waals surface area (Å²) in [6, 6.07) is 19.7. The van der Waals surface area contributed by atoms with Gasteiger partial charge in [-0.15, -0.1) is 0 Å². The van der Waals surface area contributed by atoms with E-state index in [9.17, 15) is 27.2 Å². The number of rotatable bonds is 9. The predicted molar refractivity (Wildman–Crippen MR) is 141 cm³/mol. The Hall–Kier alpha value is -4.71. The number of nitrogens with zero attached hydrogens (tertiary/aromatic N) is 3. The number of ether oxygens (including phenoxy) is 1. The number of urea groups is 1. The summed E-state index contributed by atoms with van der Waals surface area (Å²) in [6.45, 7) is -0.375. The van der Waals surface area contributed by atoms with E-state index in [0.29, 0.717) is 11.4 Å². The fourth-order valence-corrected chi connectivity index (χ4v) is 3.78. The Balaban J connectivity index is 1.54. The number of carbonyl (C=O) groups is 2. The van der Waals surface area contributed by atoms with Gasteiger partial charge in [-0.25, -0.2) is 13.9 Å². The molecule has 0 aliphatic heterocycles. The Bertz CT molecular complexity index is 1460. The quantitative estimate of drug-likeness (QED) is 0.255. The number of amides is 3. The highest BCUT2D eigenvalue weighted by Crippen LogP contribution is 2.31. The molecule has 3 amide bonds. The van der Waals surface area contributed by atoms with Crippen molar-refractivity contribution in [2.45, 2.75) is 6.18 Å². The van der Waals surface area contributed by atoms with Crippen molar-refractivity contribution in [3.8, 4) is 16.9 Å². The first-order valence-corrected chi connectivity index (χ1v) is 12.1. The van der Waals surface area contributed by atoms with Gasteiger partial charge in [0.1, 0.15) is 18.2 Å². The minimum Gasteiger partial charge on any atom is -0.383 e. The second kappa shape index (κ2) is 12.4. The Labute approximate surface area is 227 Å². The number of methoxy groups -OCH3 is 1.